The number of carbonyl (C=O) groups is 2. The molecule has 20 heavy (non-hydrogen) atoms. The standard InChI is InChI=1S/C14H14N2O4/c17-12(16-14(13(18)19)5-6-20-8-14)11-7-9-3-1-2-4-10(9)15-11/h1-4,7,15H,5-6,8H2,(H,16,17)(H,18,19). The molecule has 0 aliphatic carbocycles. The molecule has 1 fully saturated rings. The number of carbonyl (C=O) groups excluding carboxylic acids is 1. The highest BCUT2D eigenvalue weighted by Gasteiger charge is 2.44. The molecule has 3 rings (SSSR count). The molecule has 1 amide bonds. The highest BCUT2D eigenvalue weighted by atomic mass is 16.5. The molecule has 6 nitrogen and oxygen atoms in total. The smallest absolute Gasteiger partial charge is 0.331 e. The number of carboxylic acids is 1. The van der Waals surface area contributed by atoms with E-state index in [9.17, 15) is 14.7 Å². The number of benzene rings is 1. The maximum absolute atomic E-state index is 12.2. The van der Waals surface area contributed by atoms with Gasteiger partial charge in [0.25, 0.3) is 5.91 Å². The molecule has 6 heteroatoms. The van der Waals surface area contributed by atoms with Crippen LogP contribution in [-0.2, 0) is 9.53 Å². The number of nitrogens with one attached hydrogen (secondary N) is 2. The zero-order valence-electron chi connectivity index (χ0n) is 10.7. The molecule has 0 bridgehead atoms. The van der Waals surface area contributed by atoms with Crippen LogP contribution in [0.4, 0.5) is 0 Å². The quantitative estimate of drug-likeness (QED) is 0.782. The van der Waals surface area contributed by atoms with Gasteiger partial charge in [-0.1, -0.05) is 18.2 Å². The van der Waals surface area contributed by atoms with Gasteiger partial charge in [0.05, 0.1) is 6.61 Å². The molecule has 0 saturated carbocycles. The van der Waals surface area contributed by atoms with Crippen LogP contribution in [0.2, 0.25) is 0 Å². The number of aromatic nitrogens is 1. The SMILES string of the molecule is O=C(NC1(C(=O)O)CCOC1)c1cc2ccccc2[nH]1. The Morgan fingerprint density at radius 2 is 2.15 bits per heavy atom. The third kappa shape index (κ3) is 2.04. The van der Waals surface area contributed by atoms with Crippen molar-refractivity contribution < 1.29 is 19.4 Å². The molecular weight excluding hydrogens is 260 g/mol. The number of H-pyrrole nitrogens is 1. The topological polar surface area (TPSA) is 91.4 Å². The highest BCUT2D eigenvalue weighted by molar-refractivity contribution is 6.00. The second-order valence-corrected chi connectivity index (χ2v) is 4.91. The molecule has 2 heterocycles. The summed E-state index contributed by atoms with van der Waals surface area (Å²) < 4.78 is 5.11. The lowest BCUT2D eigenvalue weighted by molar-refractivity contribution is -0.144. The predicted molar refractivity (Wildman–Crippen MR) is 71.6 cm³/mol. The van der Waals surface area contributed by atoms with Crippen molar-refractivity contribution in [1.29, 1.82) is 0 Å². The van der Waals surface area contributed by atoms with E-state index < -0.39 is 17.4 Å². The van der Waals surface area contributed by atoms with Gasteiger partial charge in [-0.25, -0.2) is 4.79 Å². The molecule has 1 aromatic carbocycles. The average Bonchev–Trinajstić information content (AvgIpc) is 3.05. The van der Waals surface area contributed by atoms with Gasteiger partial charge in [-0.2, -0.15) is 0 Å². The predicted octanol–water partition coefficient (Wildman–Crippen LogP) is 1.14. The van der Waals surface area contributed by atoms with Crippen molar-refractivity contribution in [2.45, 2.75) is 12.0 Å². The van der Waals surface area contributed by atoms with Crippen LogP contribution in [0.3, 0.4) is 0 Å². The number of rotatable bonds is 3. The number of ether oxygens (including phenoxy) is 1. The lowest BCUT2D eigenvalue weighted by Crippen LogP contribution is -2.55. The molecule has 1 unspecified atom stereocenters. The Hall–Kier alpha value is -2.34. The number of carboxylic acid groups (broad SMARTS) is 1. The molecule has 1 aliphatic rings. The van der Waals surface area contributed by atoms with Crippen LogP contribution in [0.25, 0.3) is 10.9 Å². The van der Waals surface area contributed by atoms with Gasteiger partial charge in [0, 0.05) is 23.9 Å². The van der Waals surface area contributed by atoms with E-state index in [2.05, 4.69) is 10.3 Å². The second kappa shape index (κ2) is 4.64. The molecule has 104 valence electrons. The largest absolute Gasteiger partial charge is 0.479 e. The number of aromatic amines is 1. The van der Waals surface area contributed by atoms with Gasteiger partial charge in [-0.05, 0) is 12.1 Å². The average molecular weight is 274 g/mol. The molecule has 3 N–H and O–H groups in total. The monoisotopic (exact) mass is 274 g/mol. The summed E-state index contributed by atoms with van der Waals surface area (Å²) >= 11 is 0. The Labute approximate surface area is 114 Å². The summed E-state index contributed by atoms with van der Waals surface area (Å²) in [6, 6.07) is 9.19. The van der Waals surface area contributed by atoms with Gasteiger partial charge in [0.15, 0.2) is 5.54 Å². The highest BCUT2D eigenvalue weighted by Crippen LogP contribution is 2.21. The zero-order valence-corrected chi connectivity index (χ0v) is 10.7. The third-order valence-corrected chi connectivity index (χ3v) is 3.56. The molecule has 1 aliphatic heterocycles. The van der Waals surface area contributed by atoms with Crippen molar-refractivity contribution >= 4 is 22.8 Å². The minimum absolute atomic E-state index is 0.00565. The molecular formula is C14H14N2O4. The minimum atomic E-state index is -1.33. The van der Waals surface area contributed by atoms with E-state index in [1.807, 2.05) is 24.3 Å². The Kier molecular flexibility index (Phi) is 2.94. The first-order valence-electron chi connectivity index (χ1n) is 6.32. The van der Waals surface area contributed by atoms with Gasteiger partial charge >= 0.3 is 5.97 Å². The van der Waals surface area contributed by atoms with Crippen LogP contribution in [0.15, 0.2) is 30.3 Å². The van der Waals surface area contributed by atoms with E-state index in [-0.39, 0.29) is 13.0 Å². The summed E-state index contributed by atoms with van der Waals surface area (Å²) in [5.41, 5.74) is -0.141. The number of hydrogen-bond acceptors (Lipinski definition) is 3. The van der Waals surface area contributed by atoms with Crippen molar-refractivity contribution in [2.75, 3.05) is 13.2 Å². The maximum Gasteiger partial charge on any atom is 0.331 e. The van der Waals surface area contributed by atoms with Crippen molar-refractivity contribution in [2.24, 2.45) is 0 Å². The van der Waals surface area contributed by atoms with Crippen LogP contribution in [0, 0.1) is 0 Å². The Morgan fingerprint density at radius 1 is 1.35 bits per heavy atom. The molecule has 0 radical (unpaired) electrons. The zero-order chi connectivity index (χ0) is 14.2. The molecule has 1 aromatic heterocycles. The molecule has 0 spiro atoms. The molecule has 1 saturated heterocycles. The normalized spacial score (nSPS) is 22.0. The van der Waals surface area contributed by atoms with Gasteiger partial charge in [0.1, 0.15) is 5.69 Å². The summed E-state index contributed by atoms with van der Waals surface area (Å²) in [6.45, 7) is 0.327. The van der Waals surface area contributed by atoms with Crippen LogP contribution in [0.5, 0.6) is 0 Å². The van der Waals surface area contributed by atoms with Crippen molar-refractivity contribution in [1.82, 2.24) is 10.3 Å². The van der Waals surface area contributed by atoms with Crippen molar-refractivity contribution in [3.8, 4) is 0 Å². The van der Waals surface area contributed by atoms with E-state index in [1.54, 1.807) is 6.07 Å². The first-order valence-corrected chi connectivity index (χ1v) is 6.32. The summed E-state index contributed by atoms with van der Waals surface area (Å²) in [7, 11) is 0. The first kappa shape index (κ1) is 12.7. The summed E-state index contributed by atoms with van der Waals surface area (Å²) in [4.78, 5) is 26.6. The van der Waals surface area contributed by atoms with Crippen LogP contribution in [-0.4, -0.2) is 40.7 Å². The lowest BCUT2D eigenvalue weighted by Gasteiger charge is -2.23. The summed E-state index contributed by atoms with van der Waals surface area (Å²) in [6.07, 6.45) is 0.272. The van der Waals surface area contributed by atoms with Crippen LogP contribution >= 0.6 is 0 Å². The maximum atomic E-state index is 12.2. The molecule has 2 aromatic rings. The van der Waals surface area contributed by atoms with E-state index in [0.717, 1.165) is 10.9 Å². The Bertz CT molecular complexity index is 638. The summed E-state index contributed by atoms with van der Waals surface area (Å²) in [5.74, 6) is -1.51. The van der Waals surface area contributed by atoms with Gasteiger partial charge < -0.3 is 20.1 Å². The number of fused-ring (bicyclic) bond motifs is 1. The Morgan fingerprint density at radius 3 is 2.80 bits per heavy atom. The van der Waals surface area contributed by atoms with Gasteiger partial charge in [-0.3, -0.25) is 4.79 Å². The van der Waals surface area contributed by atoms with Crippen molar-refractivity contribution in [3.05, 3.63) is 36.0 Å². The van der Waals surface area contributed by atoms with E-state index in [4.69, 9.17) is 4.74 Å². The lowest BCUT2D eigenvalue weighted by atomic mass is 9.99. The van der Waals surface area contributed by atoms with Crippen LogP contribution in [0.1, 0.15) is 16.9 Å². The molecule has 1 atom stereocenters. The second-order valence-electron chi connectivity index (χ2n) is 4.91. The van der Waals surface area contributed by atoms with Gasteiger partial charge in [-0.15, -0.1) is 0 Å². The first-order chi connectivity index (χ1) is 9.61. The minimum Gasteiger partial charge on any atom is -0.479 e. The third-order valence-electron chi connectivity index (χ3n) is 3.56. The fraction of sp³-hybridized carbons (Fsp3) is 0.286. The number of aliphatic carboxylic acids is 1. The fourth-order valence-electron chi connectivity index (χ4n) is 2.37. The van der Waals surface area contributed by atoms with E-state index in [1.165, 1.54) is 0 Å². The Balaban J connectivity index is 1.87. The fourth-order valence-corrected chi connectivity index (χ4v) is 2.37. The van der Waals surface area contributed by atoms with Crippen molar-refractivity contribution in [3.63, 3.8) is 0 Å². The summed E-state index contributed by atoms with van der Waals surface area (Å²) in [5, 5.41) is 12.8. The van der Waals surface area contributed by atoms with Gasteiger partial charge in [0.2, 0.25) is 0 Å². The number of para-hydroxylation sites is 1. The van der Waals surface area contributed by atoms with E-state index in [0.29, 0.717) is 12.3 Å². The number of hydrogen-bond donors (Lipinski definition) is 3. The van der Waals surface area contributed by atoms with Crippen LogP contribution < -0.4 is 5.32 Å². The van der Waals surface area contributed by atoms with E-state index >= 15 is 0 Å². The number of amides is 1.